The Morgan fingerprint density at radius 3 is 1.96 bits per heavy atom. The van der Waals surface area contributed by atoms with Crippen LogP contribution in [0.25, 0.3) is 72.2 Å². The van der Waals surface area contributed by atoms with Gasteiger partial charge >= 0.3 is 0 Å². The summed E-state index contributed by atoms with van der Waals surface area (Å²) in [4.78, 5) is 10.7. The fraction of sp³-hybridized carbons (Fsp3) is 0.0213. The summed E-state index contributed by atoms with van der Waals surface area (Å²) in [5.41, 5.74) is 12.5. The third-order valence-electron chi connectivity index (χ3n) is 11.1. The molecule has 0 atom stereocenters. The summed E-state index contributed by atoms with van der Waals surface area (Å²) in [6.07, 6.45) is 0. The molecule has 242 valence electrons. The van der Waals surface area contributed by atoms with E-state index in [4.69, 9.17) is 19.1 Å². The van der Waals surface area contributed by atoms with Gasteiger partial charge in [-0.1, -0.05) is 140 Å². The lowest BCUT2D eigenvalue weighted by Gasteiger charge is -2.39. The van der Waals surface area contributed by atoms with Gasteiger partial charge in [-0.3, -0.25) is 4.57 Å². The minimum Gasteiger partial charge on any atom is -0.454 e. The molecular weight excluding hydrogens is 639 g/mol. The number of hydrogen-bond acceptors (Lipinski definition) is 4. The van der Waals surface area contributed by atoms with E-state index in [1.807, 2.05) is 36.4 Å². The third kappa shape index (κ3) is 3.42. The molecule has 0 fully saturated rings. The summed E-state index contributed by atoms with van der Waals surface area (Å²) < 4.78 is 15.8. The van der Waals surface area contributed by atoms with Crippen molar-refractivity contribution < 1.29 is 9.15 Å². The minimum atomic E-state index is -0.590. The van der Waals surface area contributed by atoms with Crippen molar-refractivity contribution >= 4 is 43.9 Å². The second-order valence-corrected chi connectivity index (χ2v) is 13.6. The summed E-state index contributed by atoms with van der Waals surface area (Å²) >= 11 is 0. The van der Waals surface area contributed by atoms with Gasteiger partial charge in [-0.05, 0) is 46.5 Å². The van der Waals surface area contributed by atoms with E-state index in [2.05, 4.69) is 132 Å². The normalized spacial score (nSPS) is 13.7. The summed E-state index contributed by atoms with van der Waals surface area (Å²) in [5, 5.41) is 3.13. The average Bonchev–Trinajstić information content (AvgIpc) is 3.85. The predicted octanol–water partition coefficient (Wildman–Crippen LogP) is 11.6. The highest BCUT2D eigenvalue weighted by molar-refractivity contribution is 6.13. The van der Waals surface area contributed by atoms with E-state index in [9.17, 15) is 0 Å². The lowest BCUT2D eigenvalue weighted by Crippen LogP contribution is -2.32. The van der Waals surface area contributed by atoms with Gasteiger partial charge in [-0.25, -0.2) is 9.97 Å². The maximum Gasteiger partial charge on any atom is 0.236 e. The Labute approximate surface area is 298 Å². The first-order valence-electron chi connectivity index (χ1n) is 17.6. The van der Waals surface area contributed by atoms with Crippen LogP contribution in [0.2, 0.25) is 0 Å². The number of nitrogens with zero attached hydrogens (tertiary/aromatic N) is 3. The molecule has 12 rings (SSSR count). The minimum absolute atomic E-state index is 0.557. The lowest BCUT2D eigenvalue weighted by atomic mass is 9.66. The number of furan rings is 1. The monoisotopic (exact) mass is 665 g/mol. The summed E-state index contributed by atoms with van der Waals surface area (Å²) in [6.45, 7) is 0. The van der Waals surface area contributed by atoms with Crippen LogP contribution in [0.5, 0.6) is 11.5 Å². The van der Waals surface area contributed by atoms with E-state index < -0.39 is 5.41 Å². The maximum atomic E-state index is 7.16. The highest BCUT2D eigenvalue weighted by Gasteiger charge is 2.51. The van der Waals surface area contributed by atoms with Crippen molar-refractivity contribution in [1.82, 2.24) is 14.5 Å². The maximum absolute atomic E-state index is 7.16. The van der Waals surface area contributed by atoms with Gasteiger partial charge in [0.05, 0.1) is 10.9 Å². The Balaban J connectivity index is 1.26. The van der Waals surface area contributed by atoms with Gasteiger partial charge in [0.1, 0.15) is 28.1 Å². The molecule has 4 heterocycles. The van der Waals surface area contributed by atoms with Crippen molar-refractivity contribution in [3.05, 3.63) is 186 Å². The van der Waals surface area contributed by atoms with Crippen molar-refractivity contribution in [2.75, 3.05) is 0 Å². The zero-order valence-electron chi connectivity index (χ0n) is 27.7. The number of aromatic nitrogens is 3. The molecule has 1 aliphatic carbocycles. The molecule has 0 unspecified atom stereocenters. The van der Waals surface area contributed by atoms with Crippen LogP contribution in [0, 0.1) is 0 Å². The zero-order valence-corrected chi connectivity index (χ0v) is 27.7. The predicted molar refractivity (Wildman–Crippen MR) is 206 cm³/mol. The van der Waals surface area contributed by atoms with Crippen LogP contribution in [0.1, 0.15) is 22.3 Å². The molecular formula is C47H27N3O2. The van der Waals surface area contributed by atoms with Gasteiger partial charge < -0.3 is 9.15 Å². The quantitative estimate of drug-likeness (QED) is 0.184. The topological polar surface area (TPSA) is 53.1 Å². The first-order chi connectivity index (χ1) is 25.8. The second-order valence-electron chi connectivity index (χ2n) is 13.6. The summed E-state index contributed by atoms with van der Waals surface area (Å²) in [7, 11) is 0. The van der Waals surface area contributed by atoms with Crippen molar-refractivity contribution in [1.29, 1.82) is 0 Å². The molecule has 2 aliphatic rings. The van der Waals surface area contributed by atoms with Gasteiger partial charge in [0.15, 0.2) is 11.3 Å². The standard InChI is InChI=1S/C47H27N3O2/c1-2-14-28(15-3-1)41-45-42(33-19-7-12-24-39(33)51-45)49-46(48-41)50-38-23-11-6-18-31(38)32-26-27-37-44(43(32)50)52-40-25-13-10-22-36(40)47(37)34-20-8-4-16-29(34)30-17-5-9-21-35(30)47/h1-27H. The first kappa shape index (κ1) is 27.8. The molecule has 5 heteroatoms. The van der Waals surface area contributed by atoms with Crippen LogP contribution in [-0.2, 0) is 5.41 Å². The van der Waals surface area contributed by atoms with Gasteiger partial charge in [0.25, 0.3) is 0 Å². The smallest absolute Gasteiger partial charge is 0.236 e. The summed E-state index contributed by atoms with van der Waals surface area (Å²) in [6, 6.07) is 57.5. The van der Waals surface area contributed by atoms with Crippen molar-refractivity contribution in [2.45, 2.75) is 5.41 Å². The zero-order chi connectivity index (χ0) is 34.0. The van der Waals surface area contributed by atoms with Gasteiger partial charge in [-0.15, -0.1) is 0 Å². The molecule has 0 saturated heterocycles. The van der Waals surface area contributed by atoms with Crippen molar-refractivity contribution in [2.24, 2.45) is 0 Å². The van der Waals surface area contributed by atoms with Crippen LogP contribution < -0.4 is 4.74 Å². The molecule has 0 radical (unpaired) electrons. The Morgan fingerprint density at radius 2 is 1.15 bits per heavy atom. The lowest BCUT2D eigenvalue weighted by molar-refractivity contribution is 0.440. The van der Waals surface area contributed by atoms with Crippen molar-refractivity contribution in [3.8, 4) is 39.8 Å². The van der Waals surface area contributed by atoms with Gasteiger partial charge in [-0.2, -0.15) is 0 Å². The Bertz CT molecular complexity index is 3070. The molecule has 5 nitrogen and oxygen atoms in total. The van der Waals surface area contributed by atoms with E-state index in [-0.39, 0.29) is 0 Å². The Hall–Kier alpha value is -6.98. The molecule has 0 bridgehead atoms. The van der Waals surface area contributed by atoms with Crippen LogP contribution in [0.15, 0.2) is 168 Å². The fourth-order valence-corrected chi connectivity index (χ4v) is 9.04. The van der Waals surface area contributed by atoms with Crippen LogP contribution in [0.4, 0.5) is 0 Å². The largest absolute Gasteiger partial charge is 0.454 e. The van der Waals surface area contributed by atoms with E-state index in [0.717, 1.165) is 72.2 Å². The third-order valence-corrected chi connectivity index (χ3v) is 11.1. The van der Waals surface area contributed by atoms with E-state index in [1.165, 1.54) is 22.3 Å². The molecule has 1 spiro atoms. The number of hydrogen-bond donors (Lipinski definition) is 0. The van der Waals surface area contributed by atoms with Gasteiger partial charge in [0.2, 0.25) is 5.95 Å². The van der Waals surface area contributed by atoms with Crippen LogP contribution >= 0.6 is 0 Å². The Kier molecular flexibility index (Phi) is 5.37. The number of ether oxygens (including phenoxy) is 1. The van der Waals surface area contributed by atoms with E-state index >= 15 is 0 Å². The van der Waals surface area contributed by atoms with Gasteiger partial charge in [0, 0.05) is 32.8 Å². The number of rotatable bonds is 2. The molecule has 0 saturated carbocycles. The number of benzene rings is 7. The number of para-hydroxylation sites is 3. The molecule has 52 heavy (non-hydrogen) atoms. The van der Waals surface area contributed by atoms with E-state index in [0.29, 0.717) is 11.5 Å². The highest BCUT2D eigenvalue weighted by Crippen LogP contribution is 2.63. The molecule has 0 amide bonds. The number of fused-ring (bicyclic) bond motifs is 16. The Morgan fingerprint density at radius 1 is 0.500 bits per heavy atom. The van der Waals surface area contributed by atoms with Crippen LogP contribution in [0.3, 0.4) is 0 Å². The second kappa shape index (κ2) is 10.1. The molecule has 3 aromatic heterocycles. The van der Waals surface area contributed by atoms with E-state index in [1.54, 1.807) is 0 Å². The van der Waals surface area contributed by atoms with Crippen LogP contribution in [-0.4, -0.2) is 14.5 Å². The fourth-order valence-electron chi connectivity index (χ4n) is 9.04. The summed E-state index contributed by atoms with van der Waals surface area (Å²) in [5.74, 6) is 2.20. The molecule has 1 aliphatic heterocycles. The highest BCUT2D eigenvalue weighted by atomic mass is 16.5. The van der Waals surface area contributed by atoms with Crippen molar-refractivity contribution in [3.63, 3.8) is 0 Å². The SMILES string of the molecule is c1ccc(-c2nc(-n3c4ccccc4c4ccc5c(c43)Oc3ccccc3C53c4ccccc4-c4ccccc43)nc3c2oc2ccccc23)cc1. The molecule has 10 aromatic rings. The first-order valence-corrected chi connectivity index (χ1v) is 17.6. The molecule has 7 aromatic carbocycles. The molecule has 0 N–H and O–H groups in total. The average molecular weight is 666 g/mol.